The van der Waals surface area contributed by atoms with Gasteiger partial charge in [0.15, 0.2) is 5.65 Å². The van der Waals surface area contributed by atoms with Crippen LogP contribution in [0.4, 0.5) is 5.82 Å². The van der Waals surface area contributed by atoms with Gasteiger partial charge in [-0.05, 0) is 70.6 Å². The normalized spacial score (nSPS) is 19.9. The molecular formula is C26H32ClN5O. The Bertz CT molecular complexity index is 1160. The summed E-state index contributed by atoms with van der Waals surface area (Å²) in [6.45, 7) is 8.89. The van der Waals surface area contributed by atoms with Crippen LogP contribution in [-0.2, 0) is 4.79 Å². The SMILES string of the molecule is Cc1cc(N2CCC(C(=O)N3CCCCC3C)CC2)n2nc(C)c(-c3ccc(Cl)cc3)c2n1. The maximum atomic E-state index is 13.2. The van der Waals surface area contributed by atoms with Gasteiger partial charge < -0.3 is 9.80 Å². The summed E-state index contributed by atoms with van der Waals surface area (Å²) in [5, 5.41) is 5.59. The van der Waals surface area contributed by atoms with Gasteiger partial charge in [0.1, 0.15) is 5.82 Å². The first kappa shape index (κ1) is 22.2. The van der Waals surface area contributed by atoms with Crippen LogP contribution in [0.3, 0.4) is 0 Å². The van der Waals surface area contributed by atoms with Gasteiger partial charge in [-0.2, -0.15) is 9.61 Å². The lowest BCUT2D eigenvalue weighted by molar-refractivity contribution is -0.139. The van der Waals surface area contributed by atoms with Crippen molar-refractivity contribution in [1.29, 1.82) is 0 Å². The number of hydrogen-bond acceptors (Lipinski definition) is 4. The summed E-state index contributed by atoms with van der Waals surface area (Å²) in [5.41, 5.74) is 4.88. The van der Waals surface area contributed by atoms with Crippen molar-refractivity contribution < 1.29 is 4.79 Å². The number of rotatable bonds is 3. The molecule has 174 valence electrons. The van der Waals surface area contributed by atoms with Crippen molar-refractivity contribution in [3.8, 4) is 11.1 Å². The van der Waals surface area contributed by atoms with Crippen LogP contribution in [0.25, 0.3) is 16.8 Å². The number of carbonyl (C=O) groups is 1. The highest BCUT2D eigenvalue weighted by Crippen LogP contribution is 2.33. The van der Waals surface area contributed by atoms with Gasteiger partial charge in [-0.1, -0.05) is 23.7 Å². The van der Waals surface area contributed by atoms with Gasteiger partial charge in [-0.25, -0.2) is 4.98 Å². The third kappa shape index (κ3) is 4.21. The molecule has 33 heavy (non-hydrogen) atoms. The van der Waals surface area contributed by atoms with Crippen LogP contribution in [-0.4, -0.2) is 51.1 Å². The molecule has 0 aliphatic carbocycles. The highest BCUT2D eigenvalue weighted by Gasteiger charge is 2.32. The largest absolute Gasteiger partial charge is 0.356 e. The zero-order chi connectivity index (χ0) is 23.1. The van der Waals surface area contributed by atoms with Gasteiger partial charge in [-0.15, -0.1) is 0 Å². The van der Waals surface area contributed by atoms with Crippen LogP contribution in [0.2, 0.25) is 5.02 Å². The Morgan fingerprint density at radius 1 is 1.03 bits per heavy atom. The maximum Gasteiger partial charge on any atom is 0.226 e. The van der Waals surface area contributed by atoms with Crippen LogP contribution in [0.1, 0.15) is 50.4 Å². The molecule has 2 aromatic heterocycles. The van der Waals surface area contributed by atoms with E-state index >= 15 is 0 Å². The van der Waals surface area contributed by atoms with Gasteiger partial charge in [0.05, 0.1) is 5.69 Å². The Balaban J connectivity index is 1.40. The molecule has 2 fully saturated rings. The van der Waals surface area contributed by atoms with E-state index in [4.69, 9.17) is 21.7 Å². The first-order chi connectivity index (χ1) is 15.9. The molecular weight excluding hydrogens is 434 g/mol. The van der Waals surface area contributed by atoms with Crippen LogP contribution in [0.5, 0.6) is 0 Å². The topological polar surface area (TPSA) is 53.7 Å². The monoisotopic (exact) mass is 465 g/mol. The van der Waals surface area contributed by atoms with Crippen molar-refractivity contribution in [3.05, 3.63) is 46.7 Å². The van der Waals surface area contributed by atoms with E-state index in [-0.39, 0.29) is 5.92 Å². The number of anilines is 1. The molecule has 2 aliphatic rings. The third-order valence-electron chi connectivity index (χ3n) is 7.26. The number of piperidine rings is 2. The molecule has 2 aliphatic heterocycles. The molecule has 7 heteroatoms. The molecule has 4 heterocycles. The fraction of sp³-hybridized carbons (Fsp3) is 0.500. The zero-order valence-corrected chi connectivity index (χ0v) is 20.5. The lowest BCUT2D eigenvalue weighted by Crippen LogP contribution is -2.48. The summed E-state index contributed by atoms with van der Waals surface area (Å²) < 4.78 is 1.97. The molecule has 1 amide bonds. The molecule has 0 radical (unpaired) electrons. The number of aryl methyl sites for hydroxylation is 2. The number of aromatic nitrogens is 3. The number of fused-ring (bicyclic) bond motifs is 1. The minimum Gasteiger partial charge on any atom is -0.356 e. The number of nitrogens with zero attached hydrogens (tertiary/aromatic N) is 5. The molecule has 6 nitrogen and oxygen atoms in total. The molecule has 1 aromatic carbocycles. The molecule has 5 rings (SSSR count). The standard InChI is InChI=1S/C26H32ClN5O/c1-17-16-23(30-14-11-21(12-15-30)26(33)31-13-5-4-6-18(31)2)32-25(28-17)24(19(3)29-32)20-7-9-22(27)10-8-20/h7-10,16,18,21H,4-6,11-15H2,1-3H3. The van der Waals surface area contributed by atoms with Crippen molar-refractivity contribution in [2.75, 3.05) is 24.5 Å². The molecule has 2 saturated heterocycles. The zero-order valence-electron chi connectivity index (χ0n) is 19.7. The van der Waals surface area contributed by atoms with E-state index in [1.165, 1.54) is 6.42 Å². The van der Waals surface area contributed by atoms with E-state index in [1.807, 2.05) is 42.6 Å². The Hall–Kier alpha value is -2.60. The second-order valence-electron chi connectivity index (χ2n) is 9.60. The quantitative estimate of drug-likeness (QED) is 0.527. The van der Waals surface area contributed by atoms with Gasteiger partial charge in [-0.3, -0.25) is 4.79 Å². The summed E-state index contributed by atoms with van der Waals surface area (Å²) in [6.07, 6.45) is 5.28. The summed E-state index contributed by atoms with van der Waals surface area (Å²) in [6, 6.07) is 10.3. The lowest BCUT2D eigenvalue weighted by Gasteiger charge is -2.39. The van der Waals surface area contributed by atoms with Gasteiger partial charge in [0, 0.05) is 53.9 Å². The predicted molar refractivity (Wildman–Crippen MR) is 133 cm³/mol. The highest BCUT2D eigenvalue weighted by molar-refractivity contribution is 6.30. The Morgan fingerprint density at radius 3 is 2.45 bits per heavy atom. The van der Waals surface area contributed by atoms with Crippen LogP contribution in [0.15, 0.2) is 30.3 Å². The average Bonchev–Trinajstić information content (AvgIpc) is 3.14. The third-order valence-corrected chi connectivity index (χ3v) is 7.51. The summed E-state index contributed by atoms with van der Waals surface area (Å²) in [5.74, 6) is 1.54. The van der Waals surface area contributed by atoms with Crippen molar-refractivity contribution >= 4 is 29.0 Å². The molecule has 0 bridgehead atoms. The average molecular weight is 466 g/mol. The lowest BCUT2D eigenvalue weighted by atomic mass is 9.93. The highest BCUT2D eigenvalue weighted by atomic mass is 35.5. The summed E-state index contributed by atoms with van der Waals surface area (Å²) >= 11 is 6.10. The van der Waals surface area contributed by atoms with Crippen molar-refractivity contribution in [1.82, 2.24) is 19.5 Å². The first-order valence-corrected chi connectivity index (χ1v) is 12.5. The van der Waals surface area contributed by atoms with Crippen LogP contribution in [0, 0.1) is 19.8 Å². The molecule has 0 spiro atoms. The summed E-state index contributed by atoms with van der Waals surface area (Å²) in [7, 11) is 0. The number of amides is 1. The van der Waals surface area contributed by atoms with E-state index in [1.54, 1.807) is 0 Å². The Morgan fingerprint density at radius 2 is 1.76 bits per heavy atom. The van der Waals surface area contributed by atoms with E-state index in [0.29, 0.717) is 17.0 Å². The van der Waals surface area contributed by atoms with E-state index < -0.39 is 0 Å². The predicted octanol–water partition coefficient (Wildman–Crippen LogP) is 5.28. The van der Waals surface area contributed by atoms with E-state index in [9.17, 15) is 4.79 Å². The van der Waals surface area contributed by atoms with E-state index in [2.05, 4.69) is 22.8 Å². The molecule has 0 N–H and O–H groups in total. The molecule has 1 atom stereocenters. The molecule has 1 unspecified atom stereocenters. The molecule has 0 saturated carbocycles. The second-order valence-corrected chi connectivity index (χ2v) is 10.0. The number of halogens is 1. The minimum absolute atomic E-state index is 0.129. The van der Waals surface area contributed by atoms with E-state index in [0.717, 1.165) is 79.3 Å². The number of hydrogen-bond donors (Lipinski definition) is 0. The smallest absolute Gasteiger partial charge is 0.226 e. The van der Waals surface area contributed by atoms with Crippen molar-refractivity contribution in [2.24, 2.45) is 5.92 Å². The fourth-order valence-corrected chi connectivity index (χ4v) is 5.55. The summed E-state index contributed by atoms with van der Waals surface area (Å²) in [4.78, 5) is 22.5. The van der Waals surface area contributed by atoms with Gasteiger partial charge >= 0.3 is 0 Å². The maximum absolute atomic E-state index is 13.2. The second kappa shape index (κ2) is 8.98. The number of benzene rings is 1. The number of carbonyl (C=O) groups excluding carboxylic acids is 1. The fourth-order valence-electron chi connectivity index (χ4n) is 5.42. The Kier molecular flexibility index (Phi) is 6.04. The van der Waals surface area contributed by atoms with Gasteiger partial charge in [0.2, 0.25) is 5.91 Å². The Labute approximate surface area is 200 Å². The van der Waals surface area contributed by atoms with Crippen molar-refractivity contribution in [2.45, 2.75) is 58.9 Å². The van der Waals surface area contributed by atoms with Crippen LogP contribution >= 0.6 is 11.6 Å². The van der Waals surface area contributed by atoms with Crippen LogP contribution < -0.4 is 4.90 Å². The first-order valence-electron chi connectivity index (χ1n) is 12.1. The van der Waals surface area contributed by atoms with Gasteiger partial charge in [0.25, 0.3) is 0 Å². The number of likely N-dealkylation sites (tertiary alicyclic amines) is 1. The van der Waals surface area contributed by atoms with Crippen molar-refractivity contribution in [3.63, 3.8) is 0 Å². The minimum atomic E-state index is 0.129. The molecule has 3 aromatic rings.